The van der Waals surface area contributed by atoms with E-state index in [9.17, 15) is 9.59 Å². The lowest BCUT2D eigenvalue weighted by molar-refractivity contribution is -0.121. The first-order valence-electron chi connectivity index (χ1n) is 7.95. The van der Waals surface area contributed by atoms with Gasteiger partial charge in [0.05, 0.1) is 5.52 Å². The van der Waals surface area contributed by atoms with E-state index in [1.807, 2.05) is 24.3 Å². The molecule has 0 spiro atoms. The second kappa shape index (κ2) is 8.65. The van der Waals surface area contributed by atoms with Crippen molar-refractivity contribution in [1.29, 1.82) is 0 Å². The number of H-pyrrole nitrogens is 1. The SMILES string of the molecule is Cl.O=C(CCNC(=O)c1n[nH]c2ccccc12)N[C@H]1CCCNC1. The van der Waals surface area contributed by atoms with Gasteiger partial charge in [-0.2, -0.15) is 5.10 Å². The second-order valence-corrected chi connectivity index (χ2v) is 5.73. The van der Waals surface area contributed by atoms with E-state index in [2.05, 4.69) is 26.1 Å². The molecule has 130 valence electrons. The highest BCUT2D eigenvalue weighted by Crippen LogP contribution is 2.14. The molecule has 1 aliphatic rings. The number of benzene rings is 1. The third-order valence-electron chi connectivity index (χ3n) is 3.99. The number of halogens is 1. The molecule has 1 aromatic heterocycles. The normalized spacial score (nSPS) is 17.1. The Kier molecular flexibility index (Phi) is 6.57. The smallest absolute Gasteiger partial charge is 0.272 e. The van der Waals surface area contributed by atoms with Crippen LogP contribution in [0.25, 0.3) is 10.9 Å². The summed E-state index contributed by atoms with van der Waals surface area (Å²) >= 11 is 0. The predicted molar refractivity (Wildman–Crippen MR) is 94.3 cm³/mol. The van der Waals surface area contributed by atoms with Gasteiger partial charge in [-0.3, -0.25) is 14.7 Å². The molecule has 3 rings (SSSR count). The number of piperidine rings is 1. The van der Waals surface area contributed by atoms with Crippen LogP contribution in [0.1, 0.15) is 29.8 Å². The summed E-state index contributed by atoms with van der Waals surface area (Å²) in [4.78, 5) is 24.0. The van der Waals surface area contributed by atoms with Gasteiger partial charge in [-0.1, -0.05) is 18.2 Å². The molecule has 4 N–H and O–H groups in total. The number of carbonyl (C=O) groups excluding carboxylic acids is 2. The van der Waals surface area contributed by atoms with Crippen molar-refractivity contribution in [2.75, 3.05) is 19.6 Å². The van der Waals surface area contributed by atoms with Crippen LogP contribution in [-0.4, -0.2) is 47.7 Å². The summed E-state index contributed by atoms with van der Waals surface area (Å²) in [7, 11) is 0. The Labute approximate surface area is 146 Å². The molecule has 1 atom stereocenters. The molecule has 0 bridgehead atoms. The molecule has 1 aliphatic heterocycles. The molecule has 0 saturated carbocycles. The Balaban J connectivity index is 0.00000208. The number of hydrogen-bond donors (Lipinski definition) is 4. The van der Waals surface area contributed by atoms with Crippen molar-refractivity contribution < 1.29 is 9.59 Å². The second-order valence-electron chi connectivity index (χ2n) is 5.73. The molecule has 2 aromatic rings. The highest BCUT2D eigenvalue weighted by Gasteiger charge is 2.16. The van der Waals surface area contributed by atoms with Gasteiger partial charge in [-0.15, -0.1) is 12.4 Å². The van der Waals surface area contributed by atoms with Gasteiger partial charge in [0.2, 0.25) is 5.91 Å². The van der Waals surface area contributed by atoms with Crippen LogP contribution in [0.5, 0.6) is 0 Å². The Morgan fingerprint density at radius 3 is 2.92 bits per heavy atom. The van der Waals surface area contributed by atoms with Gasteiger partial charge in [-0.25, -0.2) is 0 Å². The molecule has 1 fully saturated rings. The molecular weight excluding hydrogens is 330 g/mol. The Bertz CT molecular complexity index is 697. The topological polar surface area (TPSA) is 98.9 Å². The lowest BCUT2D eigenvalue weighted by atomic mass is 10.1. The number of nitrogens with zero attached hydrogens (tertiary/aromatic N) is 1. The Morgan fingerprint density at radius 2 is 2.12 bits per heavy atom. The van der Waals surface area contributed by atoms with Gasteiger partial charge < -0.3 is 16.0 Å². The minimum Gasteiger partial charge on any atom is -0.352 e. The number of fused-ring (bicyclic) bond motifs is 1. The van der Waals surface area contributed by atoms with E-state index in [0.29, 0.717) is 12.2 Å². The Morgan fingerprint density at radius 1 is 1.29 bits per heavy atom. The lowest BCUT2D eigenvalue weighted by Gasteiger charge is -2.23. The zero-order chi connectivity index (χ0) is 16.1. The first-order valence-corrected chi connectivity index (χ1v) is 7.95. The van der Waals surface area contributed by atoms with E-state index in [-0.39, 0.29) is 36.7 Å². The number of rotatable bonds is 5. The lowest BCUT2D eigenvalue weighted by Crippen LogP contribution is -2.46. The van der Waals surface area contributed by atoms with Gasteiger partial charge in [0.1, 0.15) is 0 Å². The highest BCUT2D eigenvalue weighted by atomic mass is 35.5. The first kappa shape index (κ1) is 18.2. The average molecular weight is 352 g/mol. The maximum atomic E-state index is 12.2. The summed E-state index contributed by atoms with van der Waals surface area (Å²) in [5.41, 5.74) is 1.18. The fraction of sp³-hybridized carbons (Fsp3) is 0.438. The fourth-order valence-corrected chi connectivity index (χ4v) is 2.78. The van der Waals surface area contributed by atoms with Crippen molar-refractivity contribution in [3.05, 3.63) is 30.0 Å². The molecule has 0 radical (unpaired) electrons. The molecular formula is C16H22ClN5O2. The van der Waals surface area contributed by atoms with Crippen LogP contribution in [0.15, 0.2) is 24.3 Å². The van der Waals surface area contributed by atoms with E-state index < -0.39 is 0 Å². The average Bonchev–Trinajstić information content (AvgIpc) is 3.00. The minimum absolute atomic E-state index is 0. The van der Waals surface area contributed by atoms with Crippen molar-refractivity contribution in [2.24, 2.45) is 0 Å². The van der Waals surface area contributed by atoms with Gasteiger partial charge in [-0.05, 0) is 25.5 Å². The van der Waals surface area contributed by atoms with Crippen LogP contribution in [0.2, 0.25) is 0 Å². The largest absolute Gasteiger partial charge is 0.352 e. The number of para-hydroxylation sites is 1. The van der Waals surface area contributed by atoms with Crippen molar-refractivity contribution in [3.63, 3.8) is 0 Å². The number of amides is 2. The zero-order valence-electron chi connectivity index (χ0n) is 13.3. The van der Waals surface area contributed by atoms with Crippen LogP contribution in [0.4, 0.5) is 0 Å². The van der Waals surface area contributed by atoms with Crippen LogP contribution in [0, 0.1) is 0 Å². The first-order chi connectivity index (χ1) is 11.2. The minimum atomic E-state index is -0.269. The third-order valence-corrected chi connectivity index (χ3v) is 3.99. The van der Waals surface area contributed by atoms with Gasteiger partial charge >= 0.3 is 0 Å². The van der Waals surface area contributed by atoms with Crippen LogP contribution in [0.3, 0.4) is 0 Å². The van der Waals surface area contributed by atoms with Crippen molar-refractivity contribution in [1.82, 2.24) is 26.1 Å². The van der Waals surface area contributed by atoms with Crippen molar-refractivity contribution >= 4 is 35.1 Å². The fourth-order valence-electron chi connectivity index (χ4n) is 2.78. The molecule has 8 heteroatoms. The maximum absolute atomic E-state index is 12.2. The predicted octanol–water partition coefficient (Wildman–Crippen LogP) is 0.973. The molecule has 7 nitrogen and oxygen atoms in total. The summed E-state index contributed by atoms with van der Waals surface area (Å²) in [6.45, 7) is 2.13. The number of carbonyl (C=O) groups is 2. The molecule has 0 unspecified atom stereocenters. The number of nitrogens with one attached hydrogen (secondary N) is 4. The number of hydrogen-bond acceptors (Lipinski definition) is 4. The van der Waals surface area contributed by atoms with Crippen LogP contribution >= 0.6 is 12.4 Å². The Hall–Kier alpha value is -2.12. The quantitative estimate of drug-likeness (QED) is 0.645. The van der Waals surface area contributed by atoms with Crippen LogP contribution < -0.4 is 16.0 Å². The zero-order valence-corrected chi connectivity index (χ0v) is 14.1. The van der Waals surface area contributed by atoms with Crippen molar-refractivity contribution in [2.45, 2.75) is 25.3 Å². The summed E-state index contributed by atoms with van der Waals surface area (Å²) in [6, 6.07) is 7.65. The summed E-state index contributed by atoms with van der Waals surface area (Å²) < 4.78 is 0. The van der Waals surface area contributed by atoms with E-state index in [0.717, 1.165) is 36.8 Å². The third kappa shape index (κ3) is 4.46. The van der Waals surface area contributed by atoms with E-state index in [4.69, 9.17) is 0 Å². The van der Waals surface area contributed by atoms with E-state index in [1.54, 1.807) is 0 Å². The molecule has 24 heavy (non-hydrogen) atoms. The number of aromatic nitrogens is 2. The van der Waals surface area contributed by atoms with Gasteiger partial charge in [0.15, 0.2) is 5.69 Å². The molecule has 2 heterocycles. The van der Waals surface area contributed by atoms with E-state index >= 15 is 0 Å². The summed E-state index contributed by atoms with van der Waals surface area (Å²) in [5, 5.41) is 16.6. The van der Waals surface area contributed by atoms with Crippen LogP contribution in [-0.2, 0) is 4.79 Å². The molecule has 2 amide bonds. The van der Waals surface area contributed by atoms with Gasteiger partial charge in [0.25, 0.3) is 5.91 Å². The monoisotopic (exact) mass is 351 g/mol. The number of aromatic amines is 1. The standard InChI is InChI=1S/C16H21N5O2.ClH/c22-14(19-11-4-3-8-17-10-11)7-9-18-16(23)15-12-5-1-2-6-13(12)20-21-15;/h1-2,5-6,11,17H,3-4,7-10H2,(H,18,23)(H,19,22)(H,20,21);1H/t11-;/m0./s1. The molecule has 1 saturated heterocycles. The highest BCUT2D eigenvalue weighted by molar-refractivity contribution is 6.04. The van der Waals surface area contributed by atoms with E-state index in [1.165, 1.54) is 0 Å². The molecule has 1 aromatic carbocycles. The van der Waals surface area contributed by atoms with Gasteiger partial charge in [0, 0.05) is 30.9 Å². The van der Waals surface area contributed by atoms with Crippen molar-refractivity contribution in [3.8, 4) is 0 Å². The summed E-state index contributed by atoms with van der Waals surface area (Å²) in [6.07, 6.45) is 2.35. The summed E-state index contributed by atoms with van der Waals surface area (Å²) in [5.74, 6) is -0.305. The molecule has 0 aliphatic carbocycles. The maximum Gasteiger partial charge on any atom is 0.272 e.